The number of aliphatic carboxylic acids is 2. The zero-order chi connectivity index (χ0) is 6.57. The van der Waals surface area contributed by atoms with Crippen molar-refractivity contribution < 1.29 is 32.2 Å². The fraction of sp³-hybridized carbons (Fsp3) is 0. The lowest BCUT2D eigenvalue weighted by Crippen LogP contribution is -3.00. The third kappa shape index (κ3) is 36.8. The average Bonchev–Trinajstić information content (AvgIpc) is 1.61. The van der Waals surface area contributed by atoms with Gasteiger partial charge in [-0.3, -0.25) is 0 Å². The molecule has 0 bridgehead atoms. The summed E-state index contributed by atoms with van der Waals surface area (Å²) in [5.41, 5.74) is 0. The Kier molecular flexibility index (Phi) is 42.1. The zero-order valence-electron chi connectivity index (χ0n) is 7.17. The average molecular weight is 204 g/mol. The first kappa shape index (κ1) is 30.8. The van der Waals surface area contributed by atoms with Crippen LogP contribution in [0.2, 0.25) is 0 Å². The van der Waals surface area contributed by atoms with E-state index in [1.54, 1.807) is 0 Å². The largest absolute Gasteiger partial charge is 1.00 e. The van der Waals surface area contributed by atoms with Crippen LogP contribution < -0.4 is 41.1 Å². The predicted molar refractivity (Wildman–Crippen MR) is 37.1 cm³/mol. The van der Waals surface area contributed by atoms with Crippen LogP contribution in [-0.2, 0) is 9.59 Å². The third-order valence-corrected chi connectivity index (χ3v) is 0.355. The third-order valence-electron chi connectivity index (χ3n) is 0.355. The standard InChI is InChI=1S/C4H4O4.ClH.3H3N/c5-3(6)1-2-4(7)8;;;;/h1-2H,(H,5,6)(H,7,8);1H;3*1H3/b2-1-;;;;. The van der Waals surface area contributed by atoms with Gasteiger partial charge in [-0.2, -0.15) is 0 Å². The molecule has 0 heterocycles. The number of carbonyl (C=O) groups excluding carboxylic acids is 2. The fourth-order valence-electron chi connectivity index (χ4n) is 0.136. The number of halogens is 1. The highest BCUT2D eigenvalue weighted by Crippen LogP contribution is 1.64. The summed E-state index contributed by atoms with van der Waals surface area (Å²) in [6.45, 7) is 0. The van der Waals surface area contributed by atoms with Crippen molar-refractivity contribution in [1.82, 2.24) is 18.5 Å². The van der Waals surface area contributed by atoms with Crippen LogP contribution in [0.1, 0.15) is 0 Å². The van der Waals surface area contributed by atoms with Crippen molar-refractivity contribution in [2.75, 3.05) is 0 Å². The predicted octanol–water partition coefficient (Wildman–Crippen LogP) is -4.83. The second kappa shape index (κ2) is 16.4. The molecule has 12 heavy (non-hydrogen) atoms. The van der Waals surface area contributed by atoms with Gasteiger partial charge in [-0.15, -0.1) is 0 Å². The lowest BCUT2D eigenvalue weighted by Gasteiger charge is -1.90. The van der Waals surface area contributed by atoms with Gasteiger partial charge in [-0.1, -0.05) is 0 Å². The van der Waals surface area contributed by atoms with E-state index in [1.807, 2.05) is 0 Å². The molecule has 7 nitrogen and oxygen atoms in total. The molecule has 0 aromatic heterocycles. The molecule has 0 unspecified atom stereocenters. The second-order valence-corrected chi connectivity index (χ2v) is 0.971. The summed E-state index contributed by atoms with van der Waals surface area (Å²) < 4.78 is 0. The van der Waals surface area contributed by atoms with E-state index < -0.39 is 11.9 Å². The molecular formula is C4H14ClN3O4. The summed E-state index contributed by atoms with van der Waals surface area (Å²) in [4.78, 5) is 18.8. The number of rotatable bonds is 2. The molecule has 0 aliphatic rings. The number of carboxylic acid groups (broad SMARTS) is 2. The van der Waals surface area contributed by atoms with Gasteiger partial charge in [0.2, 0.25) is 0 Å². The van der Waals surface area contributed by atoms with E-state index in [2.05, 4.69) is 0 Å². The molecule has 0 radical (unpaired) electrons. The lowest BCUT2D eigenvalue weighted by atomic mass is 10.5. The Morgan fingerprint density at radius 3 is 1.08 bits per heavy atom. The van der Waals surface area contributed by atoms with Gasteiger partial charge in [-0.05, 0) is 12.2 Å². The molecular weight excluding hydrogens is 190 g/mol. The first-order chi connectivity index (χ1) is 3.63. The molecule has 8 heteroatoms. The van der Waals surface area contributed by atoms with Crippen molar-refractivity contribution in [2.24, 2.45) is 0 Å². The van der Waals surface area contributed by atoms with Crippen molar-refractivity contribution in [2.45, 2.75) is 0 Å². The van der Waals surface area contributed by atoms with Crippen LogP contribution >= 0.6 is 0 Å². The summed E-state index contributed by atoms with van der Waals surface area (Å²) >= 11 is 0. The van der Waals surface area contributed by atoms with Gasteiger partial charge in [0, 0.05) is 0 Å². The topological polar surface area (TPSA) is 190 Å². The molecule has 0 atom stereocenters. The molecule has 0 aromatic carbocycles. The van der Waals surface area contributed by atoms with Gasteiger partial charge in [0.15, 0.2) is 0 Å². The van der Waals surface area contributed by atoms with Gasteiger partial charge in [0.05, 0.1) is 11.9 Å². The molecule has 0 aliphatic heterocycles. The minimum absolute atomic E-state index is 0. The van der Waals surface area contributed by atoms with Crippen LogP contribution in [0.15, 0.2) is 12.2 Å². The van der Waals surface area contributed by atoms with Crippen molar-refractivity contribution in [1.29, 1.82) is 0 Å². The molecule has 0 aliphatic carbocycles. The fourth-order valence-corrected chi connectivity index (χ4v) is 0.136. The van der Waals surface area contributed by atoms with Crippen LogP contribution in [0.3, 0.4) is 0 Å². The lowest BCUT2D eigenvalue weighted by molar-refractivity contribution is -0.301. The summed E-state index contributed by atoms with van der Waals surface area (Å²) in [6.07, 6.45) is 0.769. The van der Waals surface area contributed by atoms with Crippen LogP contribution in [-0.4, -0.2) is 11.9 Å². The van der Waals surface area contributed by atoms with E-state index in [0.29, 0.717) is 12.2 Å². The van der Waals surface area contributed by atoms with E-state index in [-0.39, 0.29) is 30.9 Å². The monoisotopic (exact) mass is 203 g/mol. The molecule has 0 amide bonds. The number of carboxylic acids is 2. The minimum atomic E-state index is -1.55. The Hall–Kier alpha value is -1.15. The van der Waals surface area contributed by atoms with Crippen molar-refractivity contribution >= 4 is 11.9 Å². The smallest absolute Gasteiger partial charge is 0.0643 e. The molecule has 0 fully saturated rings. The number of carbonyl (C=O) groups is 2. The van der Waals surface area contributed by atoms with Gasteiger partial charge >= 0.3 is 0 Å². The van der Waals surface area contributed by atoms with E-state index in [0.717, 1.165) is 0 Å². The van der Waals surface area contributed by atoms with E-state index in [9.17, 15) is 19.8 Å². The normalized spacial score (nSPS) is 6.33. The maximum Gasteiger partial charge on any atom is 0.0643 e. The SMILES string of the molecule is O=C([O-])/C=C\C(=O)[O-].[Cl-].[NH4+].[NH4+].[NH4+]. The molecule has 0 saturated heterocycles. The van der Waals surface area contributed by atoms with Crippen LogP contribution in [0.5, 0.6) is 0 Å². The highest BCUT2D eigenvalue weighted by molar-refractivity contribution is 5.87. The van der Waals surface area contributed by atoms with Gasteiger partial charge < -0.3 is 50.7 Å². The Morgan fingerprint density at radius 1 is 0.833 bits per heavy atom. The zero-order valence-corrected chi connectivity index (χ0v) is 7.92. The first-order valence-corrected chi connectivity index (χ1v) is 1.73. The van der Waals surface area contributed by atoms with Crippen molar-refractivity contribution in [3.05, 3.63) is 12.2 Å². The van der Waals surface area contributed by atoms with E-state index >= 15 is 0 Å². The van der Waals surface area contributed by atoms with Crippen LogP contribution in [0.4, 0.5) is 0 Å². The number of quaternary nitrogens is 3. The van der Waals surface area contributed by atoms with E-state index in [4.69, 9.17) is 0 Å². The second-order valence-electron chi connectivity index (χ2n) is 0.971. The molecule has 0 saturated carbocycles. The van der Waals surface area contributed by atoms with E-state index in [1.165, 1.54) is 0 Å². The Labute approximate surface area is 75.6 Å². The van der Waals surface area contributed by atoms with Crippen molar-refractivity contribution in [3.63, 3.8) is 0 Å². The Balaban J connectivity index is -0.0000000408. The molecule has 76 valence electrons. The molecule has 0 rings (SSSR count). The van der Waals surface area contributed by atoms with Crippen LogP contribution in [0, 0.1) is 0 Å². The summed E-state index contributed by atoms with van der Waals surface area (Å²) in [5, 5.41) is 18.8. The Morgan fingerprint density at radius 2 is 1.00 bits per heavy atom. The summed E-state index contributed by atoms with van der Waals surface area (Å²) in [5.74, 6) is -3.09. The molecule has 0 spiro atoms. The number of hydrogen-bond acceptors (Lipinski definition) is 4. The maximum atomic E-state index is 9.41. The quantitative estimate of drug-likeness (QED) is 0.380. The highest BCUT2D eigenvalue weighted by Gasteiger charge is 1.70. The number of hydrogen-bond donors (Lipinski definition) is 3. The Bertz CT molecular complexity index is 133. The highest BCUT2D eigenvalue weighted by atomic mass is 35.5. The summed E-state index contributed by atoms with van der Waals surface area (Å²) in [7, 11) is 0. The molecule has 12 N–H and O–H groups in total. The van der Waals surface area contributed by atoms with Crippen molar-refractivity contribution in [3.8, 4) is 0 Å². The van der Waals surface area contributed by atoms with Gasteiger partial charge in [0.25, 0.3) is 0 Å². The minimum Gasteiger partial charge on any atom is -1.00 e. The summed E-state index contributed by atoms with van der Waals surface area (Å²) in [6, 6.07) is 0. The van der Waals surface area contributed by atoms with Gasteiger partial charge in [-0.25, -0.2) is 0 Å². The maximum absolute atomic E-state index is 9.41. The van der Waals surface area contributed by atoms with Crippen LogP contribution in [0.25, 0.3) is 0 Å². The van der Waals surface area contributed by atoms with Gasteiger partial charge in [0.1, 0.15) is 0 Å². The first-order valence-electron chi connectivity index (χ1n) is 1.73. The molecule has 0 aromatic rings.